The SMILES string of the molecule is CCCC1NC(C)(CC)C(=O)N1CC1CCOCC1. The molecular weight excluding hydrogens is 240 g/mol. The van der Waals surface area contributed by atoms with E-state index in [0.717, 1.165) is 51.9 Å². The fourth-order valence-electron chi connectivity index (χ4n) is 3.14. The molecule has 1 amide bonds. The number of carbonyl (C=O) groups excluding carboxylic acids is 1. The van der Waals surface area contributed by atoms with E-state index in [1.807, 2.05) is 6.92 Å². The van der Waals surface area contributed by atoms with Gasteiger partial charge in [0.1, 0.15) is 0 Å². The molecule has 2 aliphatic rings. The molecule has 110 valence electrons. The van der Waals surface area contributed by atoms with E-state index >= 15 is 0 Å². The molecule has 2 aliphatic heterocycles. The highest BCUT2D eigenvalue weighted by Gasteiger charge is 2.46. The molecule has 0 bridgehead atoms. The highest BCUT2D eigenvalue weighted by Crippen LogP contribution is 2.28. The van der Waals surface area contributed by atoms with Crippen LogP contribution in [0.4, 0.5) is 0 Å². The molecule has 2 heterocycles. The number of carbonyl (C=O) groups is 1. The van der Waals surface area contributed by atoms with Gasteiger partial charge in [0, 0.05) is 19.8 Å². The molecule has 0 aromatic carbocycles. The van der Waals surface area contributed by atoms with Gasteiger partial charge in [-0.15, -0.1) is 0 Å². The minimum absolute atomic E-state index is 0.227. The molecule has 2 unspecified atom stereocenters. The third-order valence-corrected chi connectivity index (χ3v) is 4.66. The molecule has 19 heavy (non-hydrogen) atoms. The molecule has 0 saturated carbocycles. The van der Waals surface area contributed by atoms with Gasteiger partial charge < -0.3 is 9.64 Å². The smallest absolute Gasteiger partial charge is 0.243 e. The van der Waals surface area contributed by atoms with Crippen molar-refractivity contribution in [1.29, 1.82) is 0 Å². The van der Waals surface area contributed by atoms with Crippen LogP contribution in [0.2, 0.25) is 0 Å². The lowest BCUT2D eigenvalue weighted by Gasteiger charge is -2.30. The van der Waals surface area contributed by atoms with Crippen LogP contribution < -0.4 is 5.32 Å². The van der Waals surface area contributed by atoms with Crippen LogP contribution in [0.15, 0.2) is 0 Å². The first kappa shape index (κ1) is 14.8. The Bertz CT molecular complexity index is 315. The maximum atomic E-state index is 12.6. The van der Waals surface area contributed by atoms with E-state index in [1.54, 1.807) is 0 Å². The number of nitrogens with zero attached hydrogens (tertiary/aromatic N) is 1. The lowest BCUT2D eigenvalue weighted by Crippen LogP contribution is -2.43. The summed E-state index contributed by atoms with van der Waals surface area (Å²) >= 11 is 0. The number of amides is 1. The fourth-order valence-corrected chi connectivity index (χ4v) is 3.14. The summed E-state index contributed by atoms with van der Waals surface area (Å²) in [5, 5.41) is 3.55. The Hall–Kier alpha value is -0.610. The van der Waals surface area contributed by atoms with Gasteiger partial charge in [0.25, 0.3) is 0 Å². The Morgan fingerprint density at radius 1 is 1.37 bits per heavy atom. The molecule has 0 spiro atoms. The Labute approximate surface area is 116 Å². The minimum Gasteiger partial charge on any atom is -0.381 e. The van der Waals surface area contributed by atoms with Gasteiger partial charge in [0.15, 0.2) is 0 Å². The van der Waals surface area contributed by atoms with Gasteiger partial charge in [-0.2, -0.15) is 0 Å². The first-order valence-corrected chi connectivity index (χ1v) is 7.77. The second-order valence-corrected chi connectivity index (χ2v) is 6.15. The van der Waals surface area contributed by atoms with Crippen molar-refractivity contribution in [2.75, 3.05) is 19.8 Å². The Kier molecular flexibility index (Phi) is 4.85. The van der Waals surface area contributed by atoms with Crippen molar-refractivity contribution >= 4 is 5.91 Å². The summed E-state index contributed by atoms with van der Waals surface area (Å²) in [5.41, 5.74) is -0.356. The summed E-state index contributed by atoms with van der Waals surface area (Å²) in [7, 11) is 0. The molecule has 0 radical (unpaired) electrons. The van der Waals surface area contributed by atoms with E-state index in [9.17, 15) is 4.79 Å². The quantitative estimate of drug-likeness (QED) is 0.830. The molecular formula is C15H28N2O2. The number of hydrogen-bond acceptors (Lipinski definition) is 3. The average Bonchev–Trinajstić information content (AvgIpc) is 2.66. The van der Waals surface area contributed by atoms with Crippen LogP contribution in [-0.2, 0) is 9.53 Å². The molecule has 2 atom stereocenters. The summed E-state index contributed by atoms with van der Waals surface area (Å²) in [5.74, 6) is 0.901. The van der Waals surface area contributed by atoms with Gasteiger partial charge >= 0.3 is 0 Å². The van der Waals surface area contributed by atoms with Crippen LogP contribution in [0.3, 0.4) is 0 Å². The summed E-state index contributed by atoms with van der Waals surface area (Å²) in [6, 6.07) is 0. The number of ether oxygens (including phenoxy) is 1. The van der Waals surface area contributed by atoms with Crippen LogP contribution in [0.25, 0.3) is 0 Å². The summed E-state index contributed by atoms with van der Waals surface area (Å²) in [6.07, 6.45) is 5.41. The van der Waals surface area contributed by atoms with Crippen molar-refractivity contribution in [3.05, 3.63) is 0 Å². The number of rotatable bonds is 5. The highest BCUT2D eigenvalue weighted by atomic mass is 16.5. The largest absolute Gasteiger partial charge is 0.381 e. The fraction of sp³-hybridized carbons (Fsp3) is 0.933. The van der Waals surface area contributed by atoms with Gasteiger partial charge in [-0.25, -0.2) is 0 Å². The topological polar surface area (TPSA) is 41.6 Å². The van der Waals surface area contributed by atoms with E-state index in [-0.39, 0.29) is 11.7 Å². The molecule has 2 rings (SSSR count). The average molecular weight is 268 g/mol. The van der Waals surface area contributed by atoms with Crippen LogP contribution in [-0.4, -0.2) is 42.3 Å². The molecule has 2 fully saturated rings. The molecule has 0 aromatic rings. The Balaban J connectivity index is 2.04. The number of hydrogen-bond donors (Lipinski definition) is 1. The standard InChI is InChI=1S/C15H28N2O2/c1-4-6-13-16-15(3,5-2)14(18)17(13)11-12-7-9-19-10-8-12/h12-13,16H,4-11H2,1-3H3. The van der Waals surface area contributed by atoms with Crippen molar-refractivity contribution in [3.8, 4) is 0 Å². The second kappa shape index (κ2) is 6.23. The van der Waals surface area contributed by atoms with Crippen molar-refractivity contribution in [1.82, 2.24) is 10.2 Å². The van der Waals surface area contributed by atoms with E-state index in [4.69, 9.17) is 4.74 Å². The van der Waals surface area contributed by atoms with Crippen LogP contribution in [0.5, 0.6) is 0 Å². The van der Waals surface area contributed by atoms with Gasteiger partial charge in [0.2, 0.25) is 5.91 Å². The van der Waals surface area contributed by atoms with Crippen LogP contribution in [0, 0.1) is 5.92 Å². The highest BCUT2D eigenvalue weighted by molar-refractivity contribution is 5.88. The van der Waals surface area contributed by atoms with Gasteiger partial charge in [-0.1, -0.05) is 20.3 Å². The Morgan fingerprint density at radius 2 is 2.05 bits per heavy atom. The molecule has 1 N–H and O–H groups in total. The second-order valence-electron chi connectivity index (χ2n) is 6.15. The summed E-state index contributed by atoms with van der Waals surface area (Å²) in [4.78, 5) is 14.7. The van der Waals surface area contributed by atoms with Crippen LogP contribution >= 0.6 is 0 Å². The lowest BCUT2D eigenvalue weighted by atomic mass is 9.97. The van der Waals surface area contributed by atoms with Crippen molar-refractivity contribution < 1.29 is 9.53 Å². The molecule has 2 saturated heterocycles. The summed E-state index contributed by atoms with van der Waals surface area (Å²) < 4.78 is 5.41. The lowest BCUT2D eigenvalue weighted by molar-refractivity contribution is -0.134. The van der Waals surface area contributed by atoms with E-state index in [0.29, 0.717) is 11.8 Å². The minimum atomic E-state index is -0.356. The maximum Gasteiger partial charge on any atom is 0.243 e. The Morgan fingerprint density at radius 3 is 2.63 bits per heavy atom. The van der Waals surface area contributed by atoms with E-state index < -0.39 is 0 Å². The van der Waals surface area contributed by atoms with Crippen molar-refractivity contribution in [2.24, 2.45) is 5.92 Å². The first-order valence-electron chi connectivity index (χ1n) is 7.77. The normalized spacial score (nSPS) is 33.1. The maximum absolute atomic E-state index is 12.6. The zero-order valence-corrected chi connectivity index (χ0v) is 12.6. The van der Waals surface area contributed by atoms with Gasteiger partial charge in [0.05, 0.1) is 11.7 Å². The monoisotopic (exact) mass is 268 g/mol. The molecule has 0 aliphatic carbocycles. The molecule has 0 aromatic heterocycles. The predicted octanol–water partition coefficient (Wildman–Crippen LogP) is 2.14. The molecule has 4 heteroatoms. The zero-order valence-electron chi connectivity index (χ0n) is 12.6. The van der Waals surface area contributed by atoms with Gasteiger partial charge in [-0.3, -0.25) is 10.1 Å². The van der Waals surface area contributed by atoms with Gasteiger partial charge in [-0.05, 0) is 38.5 Å². The summed E-state index contributed by atoms with van der Waals surface area (Å²) in [6.45, 7) is 8.91. The van der Waals surface area contributed by atoms with Crippen LogP contribution in [0.1, 0.15) is 52.9 Å². The molecule has 4 nitrogen and oxygen atoms in total. The van der Waals surface area contributed by atoms with Crippen molar-refractivity contribution in [3.63, 3.8) is 0 Å². The van der Waals surface area contributed by atoms with E-state index in [1.165, 1.54) is 0 Å². The third-order valence-electron chi connectivity index (χ3n) is 4.66. The van der Waals surface area contributed by atoms with Crippen molar-refractivity contribution in [2.45, 2.75) is 64.6 Å². The number of nitrogens with one attached hydrogen (secondary N) is 1. The predicted molar refractivity (Wildman–Crippen MR) is 75.8 cm³/mol. The first-order chi connectivity index (χ1) is 9.10. The third kappa shape index (κ3) is 3.11. The van der Waals surface area contributed by atoms with E-state index in [2.05, 4.69) is 24.1 Å². The zero-order chi connectivity index (χ0) is 13.9.